The molecule has 1 heterocycles. The van der Waals surface area contributed by atoms with Gasteiger partial charge >= 0.3 is 11.7 Å². The first-order valence-electron chi connectivity index (χ1n) is 6.08. The minimum atomic E-state index is -2.07. The summed E-state index contributed by atoms with van der Waals surface area (Å²) < 4.78 is 0. The van der Waals surface area contributed by atoms with Crippen molar-refractivity contribution in [1.82, 2.24) is 0 Å². The van der Waals surface area contributed by atoms with Gasteiger partial charge in [-0.3, -0.25) is 25.0 Å². The molecule has 0 saturated heterocycles. The summed E-state index contributed by atoms with van der Waals surface area (Å²) >= 11 is 0. The van der Waals surface area contributed by atoms with Crippen molar-refractivity contribution in [3.8, 4) is 0 Å². The number of ketones is 1. The molecule has 1 aliphatic carbocycles. The molecule has 0 fully saturated rings. The standard InChI is InChI=1S/C13H7N3O6/c17-13-11-8-4-2-1-3-7(8)6-14-22-10(11)5-9(15(18)19)12(13)16(20)21/h1-6,12H. The molecule has 0 aromatic heterocycles. The molecular weight excluding hydrogens is 294 g/mol. The molecule has 0 radical (unpaired) electrons. The minimum Gasteiger partial charge on any atom is -0.356 e. The number of hydrogen-bond donors (Lipinski definition) is 0. The fourth-order valence-corrected chi connectivity index (χ4v) is 2.35. The molecule has 110 valence electrons. The quantitative estimate of drug-likeness (QED) is 0.596. The summed E-state index contributed by atoms with van der Waals surface area (Å²) in [6.07, 6.45) is 2.21. The molecule has 9 heteroatoms. The highest BCUT2D eigenvalue weighted by atomic mass is 16.6. The second-order valence-electron chi connectivity index (χ2n) is 4.53. The lowest BCUT2D eigenvalue weighted by atomic mass is 9.88. The third-order valence-electron chi connectivity index (χ3n) is 3.29. The van der Waals surface area contributed by atoms with Gasteiger partial charge in [-0.15, -0.1) is 0 Å². The van der Waals surface area contributed by atoms with Gasteiger partial charge in [-0.1, -0.05) is 29.4 Å². The SMILES string of the molecule is O=C1C2=C(C=C([N+](=O)[O-])C1[N+](=O)[O-])ON=Cc1ccccc12. The number of benzene rings is 1. The van der Waals surface area contributed by atoms with Crippen LogP contribution < -0.4 is 0 Å². The predicted octanol–water partition coefficient (Wildman–Crippen LogP) is 1.15. The largest absolute Gasteiger partial charge is 0.362 e. The molecule has 1 aliphatic heterocycles. The van der Waals surface area contributed by atoms with E-state index in [0.717, 1.165) is 6.08 Å². The van der Waals surface area contributed by atoms with Crippen LogP contribution >= 0.6 is 0 Å². The summed E-state index contributed by atoms with van der Waals surface area (Å²) in [7, 11) is 0. The molecule has 22 heavy (non-hydrogen) atoms. The first kappa shape index (κ1) is 13.6. The number of rotatable bonds is 2. The van der Waals surface area contributed by atoms with Gasteiger partial charge in [-0.05, 0) is 5.56 Å². The van der Waals surface area contributed by atoms with Gasteiger partial charge in [0.1, 0.15) is 0 Å². The van der Waals surface area contributed by atoms with Gasteiger partial charge in [0.2, 0.25) is 0 Å². The van der Waals surface area contributed by atoms with Gasteiger partial charge in [0.15, 0.2) is 5.76 Å². The molecule has 0 N–H and O–H groups in total. The van der Waals surface area contributed by atoms with E-state index in [1.54, 1.807) is 24.3 Å². The third-order valence-corrected chi connectivity index (χ3v) is 3.29. The Morgan fingerprint density at radius 2 is 1.91 bits per heavy atom. The highest BCUT2D eigenvalue weighted by Crippen LogP contribution is 2.34. The number of fused-ring (bicyclic) bond motifs is 2. The number of nitrogens with zero attached hydrogens (tertiary/aromatic N) is 3. The van der Waals surface area contributed by atoms with E-state index < -0.39 is 27.4 Å². The Morgan fingerprint density at radius 1 is 1.18 bits per heavy atom. The topological polar surface area (TPSA) is 125 Å². The van der Waals surface area contributed by atoms with Crippen LogP contribution in [0.3, 0.4) is 0 Å². The lowest BCUT2D eigenvalue weighted by Gasteiger charge is -2.16. The van der Waals surface area contributed by atoms with Crippen LogP contribution in [0.15, 0.2) is 47.0 Å². The van der Waals surface area contributed by atoms with Crippen LogP contribution in [-0.2, 0) is 9.63 Å². The zero-order valence-corrected chi connectivity index (χ0v) is 10.8. The van der Waals surface area contributed by atoms with Gasteiger partial charge in [-0.2, -0.15) is 0 Å². The van der Waals surface area contributed by atoms with Crippen LogP contribution in [0.25, 0.3) is 5.57 Å². The van der Waals surface area contributed by atoms with Crippen LogP contribution in [-0.4, -0.2) is 27.9 Å². The first-order chi connectivity index (χ1) is 10.5. The molecule has 3 rings (SSSR count). The van der Waals surface area contributed by atoms with Crippen molar-refractivity contribution in [2.45, 2.75) is 6.04 Å². The fourth-order valence-electron chi connectivity index (χ4n) is 2.35. The lowest BCUT2D eigenvalue weighted by Crippen LogP contribution is -2.38. The Morgan fingerprint density at radius 3 is 2.59 bits per heavy atom. The summed E-state index contributed by atoms with van der Waals surface area (Å²) in [6.45, 7) is 0. The summed E-state index contributed by atoms with van der Waals surface area (Å²) in [5, 5.41) is 25.7. The van der Waals surface area contributed by atoms with Crippen LogP contribution in [0, 0.1) is 20.2 Å². The molecule has 2 aliphatic rings. The van der Waals surface area contributed by atoms with Crippen molar-refractivity contribution in [2.24, 2.45) is 5.16 Å². The molecule has 1 aromatic rings. The average molecular weight is 301 g/mol. The van der Waals surface area contributed by atoms with Crippen molar-refractivity contribution < 1.29 is 19.5 Å². The van der Waals surface area contributed by atoms with E-state index in [9.17, 15) is 25.0 Å². The number of carbonyl (C=O) groups excluding carboxylic acids is 1. The van der Waals surface area contributed by atoms with Crippen molar-refractivity contribution in [1.29, 1.82) is 0 Å². The maximum atomic E-state index is 12.5. The molecule has 9 nitrogen and oxygen atoms in total. The molecule has 1 unspecified atom stereocenters. The summed E-state index contributed by atoms with van der Waals surface area (Å²) in [5.74, 6) is -1.16. The van der Waals surface area contributed by atoms with Crippen molar-refractivity contribution >= 4 is 17.6 Å². The van der Waals surface area contributed by atoms with Crippen LogP contribution in [0.1, 0.15) is 11.1 Å². The molecule has 0 amide bonds. The van der Waals surface area contributed by atoms with Gasteiger partial charge in [-0.25, -0.2) is 0 Å². The maximum Gasteiger partial charge on any atom is 0.362 e. The van der Waals surface area contributed by atoms with Crippen LogP contribution in [0.2, 0.25) is 0 Å². The van der Waals surface area contributed by atoms with E-state index in [4.69, 9.17) is 4.84 Å². The highest BCUT2D eigenvalue weighted by molar-refractivity contribution is 6.26. The summed E-state index contributed by atoms with van der Waals surface area (Å²) in [6, 6.07) is 4.50. The number of Topliss-reactive ketones (excluding diaryl/α,β-unsaturated/α-hetero) is 1. The van der Waals surface area contributed by atoms with E-state index >= 15 is 0 Å². The highest BCUT2D eigenvalue weighted by Gasteiger charge is 2.49. The monoisotopic (exact) mass is 301 g/mol. The van der Waals surface area contributed by atoms with Gasteiger partial charge in [0, 0.05) is 10.5 Å². The molecule has 0 spiro atoms. The van der Waals surface area contributed by atoms with E-state index in [2.05, 4.69) is 5.16 Å². The van der Waals surface area contributed by atoms with Crippen molar-refractivity contribution in [2.75, 3.05) is 0 Å². The Balaban J connectivity index is 2.27. The maximum absolute atomic E-state index is 12.5. The minimum absolute atomic E-state index is 0.0830. The fraction of sp³-hybridized carbons (Fsp3) is 0.0769. The average Bonchev–Trinajstić information content (AvgIpc) is 2.65. The van der Waals surface area contributed by atoms with E-state index in [0.29, 0.717) is 11.1 Å². The van der Waals surface area contributed by atoms with Gasteiger partial charge in [0.25, 0.3) is 5.78 Å². The van der Waals surface area contributed by atoms with Crippen LogP contribution in [0.4, 0.5) is 0 Å². The Hall–Kier alpha value is -3.36. The Kier molecular flexibility index (Phi) is 3.02. The molecule has 1 aromatic carbocycles. The molecule has 1 atom stereocenters. The molecule has 0 bridgehead atoms. The van der Waals surface area contributed by atoms with Crippen molar-refractivity contribution in [3.05, 3.63) is 73.2 Å². The second-order valence-corrected chi connectivity index (χ2v) is 4.53. The number of hydrogen-bond acceptors (Lipinski definition) is 7. The summed E-state index contributed by atoms with van der Waals surface area (Å²) in [5.41, 5.74) is -0.0149. The van der Waals surface area contributed by atoms with E-state index in [1.165, 1.54) is 6.21 Å². The van der Waals surface area contributed by atoms with Crippen molar-refractivity contribution in [3.63, 3.8) is 0 Å². The van der Waals surface area contributed by atoms with Gasteiger partial charge < -0.3 is 4.84 Å². The Labute approximate surface area is 122 Å². The number of allylic oxidation sites excluding steroid dienone is 1. The zero-order chi connectivity index (χ0) is 15.9. The molecular formula is C13H7N3O6. The molecule has 0 saturated carbocycles. The third kappa shape index (κ3) is 1.95. The zero-order valence-electron chi connectivity index (χ0n) is 10.8. The number of oxime groups is 1. The normalized spacial score (nSPS) is 19.5. The van der Waals surface area contributed by atoms with E-state index in [-0.39, 0.29) is 11.3 Å². The lowest BCUT2D eigenvalue weighted by molar-refractivity contribution is -0.541. The van der Waals surface area contributed by atoms with Gasteiger partial charge in [0.05, 0.1) is 22.8 Å². The summed E-state index contributed by atoms with van der Waals surface area (Å²) in [4.78, 5) is 37.6. The van der Waals surface area contributed by atoms with E-state index in [1.807, 2.05) is 0 Å². The number of nitro groups is 2. The second kappa shape index (κ2) is 4.88. The van der Waals surface area contributed by atoms with Crippen LogP contribution in [0.5, 0.6) is 0 Å². The predicted molar refractivity (Wildman–Crippen MR) is 72.9 cm³/mol. The Bertz CT molecular complexity index is 808. The smallest absolute Gasteiger partial charge is 0.356 e. The number of carbonyl (C=O) groups is 1. The first-order valence-corrected chi connectivity index (χ1v) is 6.08.